The highest BCUT2D eigenvalue weighted by Crippen LogP contribution is 2.37. The summed E-state index contributed by atoms with van der Waals surface area (Å²) in [6.07, 6.45) is -1.45. The smallest absolute Gasteiger partial charge is 0.408 e. The lowest BCUT2D eigenvalue weighted by atomic mass is 10.1. The Morgan fingerprint density at radius 3 is 2.41 bits per heavy atom. The van der Waals surface area contributed by atoms with Crippen LogP contribution in [0.15, 0.2) is 65.6 Å². The number of amides is 1. The number of nitrogens with zero attached hydrogens (tertiary/aromatic N) is 1. The van der Waals surface area contributed by atoms with E-state index in [1.807, 2.05) is 12.1 Å². The van der Waals surface area contributed by atoms with Crippen LogP contribution in [0.4, 0.5) is 4.79 Å². The lowest BCUT2D eigenvalue weighted by Crippen LogP contribution is -2.53. The van der Waals surface area contributed by atoms with Gasteiger partial charge in [0.25, 0.3) is 10.0 Å². The van der Waals surface area contributed by atoms with Gasteiger partial charge in [0.15, 0.2) is 5.79 Å². The first-order chi connectivity index (χ1) is 15.9. The summed E-state index contributed by atoms with van der Waals surface area (Å²) in [5, 5.41) is 3.54. The predicted octanol–water partition coefficient (Wildman–Crippen LogP) is 4.60. The second-order valence-electron chi connectivity index (χ2n) is 9.71. The van der Waals surface area contributed by atoms with Crippen LogP contribution in [-0.4, -0.2) is 42.5 Å². The van der Waals surface area contributed by atoms with Crippen molar-refractivity contribution in [2.75, 3.05) is 6.61 Å². The van der Waals surface area contributed by atoms with Gasteiger partial charge in [-0.2, -0.15) is 0 Å². The van der Waals surface area contributed by atoms with Crippen molar-refractivity contribution in [1.82, 2.24) is 9.29 Å². The van der Waals surface area contributed by atoms with Crippen LogP contribution >= 0.6 is 0 Å². The quantitative estimate of drug-likeness (QED) is 0.579. The molecule has 1 aliphatic rings. The van der Waals surface area contributed by atoms with Crippen LogP contribution in [0.5, 0.6) is 0 Å². The number of carbonyl (C=O) groups is 1. The molecular weight excluding hydrogens is 456 g/mol. The largest absolute Gasteiger partial charge is 0.444 e. The number of para-hydroxylation sites is 1. The van der Waals surface area contributed by atoms with E-state index in [0.717, 1.165) is 5.39 Å². The van der Waals surface area contributed by atoms with Crippen molar-refractivity contribution in [3.05, 3.63) is 66.4 Å². The highest BCUT2D eigenvalue weighted by Gasteiger charge is 2.42. The summed E-state index contributed by atoms with van der Waals surface area (Å²) in [5.41, 5.74) is 0.216. The Morgan fingerprint density at radius 1 is 1.09 bits per heavy atom. The van der Waals surface area contributed by atoms with Crippen molar-refractivity contribution in [2.45, 2.75) is 63.0 Å². The molecular formula is C25H30N2O6S. The van der Waals surface area contributed by atoms with Crippen LogP contribution in [0.3, 0.4) is 0 Å². The fraction of sp³-hybridized carbons (Fsp3) is 0.400. The van der Waals surface area contributed by atoms with Crippen LogP contribution in [0, 0.1) is 0 Å². The van der Waals surface area contributed by atoms with E-state index < -0.39 is 39.7 Å². The predicted molar refractivity (Wildman–Crippen MR) is 128 cm³/mol. The Balaban J connectivity index is 1.84. The van der Waals surface area contributed by atoms with Gasteiger partial charge in [-0.05, 0) is 58.9 Å². The molecule has 1 saturated heterocycles. The molecule has 2 aromatic carbocycles. The monoisotopic (exact) mass is 486 g/mol. The molecule has 1 aromatic heterocycles. The van der Waals surface area contributed by atoms with Crippen molar-refractivity contribution < 1.29 is 27.4 Å². The van der Waals surface area contributed by atoms with Gasteiger partial charge in [0.2, 0.25) is 0 Å². The lowest BCUT2D eigenvalue weighted by Gasteiger charge is -2.41. The minimum Gasteiger partial charge on any atom is -0.444 e. The third-order valence-corrected chi connectivity index (χ3v) is 7.11. The number of fused-ring (bicyclic) bond motifs is 1. The van der Waals surface area contributed by atoms with E-state index in [1.165, 1.54) is 3.97 Å². The Kier molecular flexibility index (Phi) is 6.22. The van der Waals surface area contributed by atoms with Crippen molar-refractivity contribution >= 4 is 27.0 Å². The van der Waals surface area contributed by atoms with E-state index in [0.29, 0.717) is 11.2 Å². The van der Waals surface area contributed by atoms with Gasteiger partial charge in [-0.1, -0.05) is 36.4 Å². The highest BCUT2D eigenvalue weighted by atomic mass is 32.2. The molecule has 0 radical (unpaired) electrons. The topological polar surface area (TPSA) is 95.9 Å². The molecule has 0 bridgehead atoms. The molecule has 8 nitrogen and oxygen atoms in total. The summed E-state index contributed by atoms with van der Waals surface area (Å²) in [4.78, 5) is 12.7. The van der Waals surface area contributed by atoms with Gasteiger partial charge < -0.3 is 19.5 Å². The molecule has 1 aliphatic heterocycles. The number of benzene rings is 2. The number of aromatic nitrogens is 1. The summed E-state index contributed by atoms with van der Waals surface area (Å²) in [7, 11) is -3.97. The minimum atomic E-state index is -3.97. The third kappa shape index (κ3) is 4.96. The molecule has 1 fully saturated rings. The molecule has 0 aliphatic carbocycles. The number of alkyl carbamates (subject to hydrolysis) is 1. The molecule has 0 spiro atoms. The summed E-state index contributed by atoms with van der Waals surface area (Å²) in [6.45, 7) is 8.93. The van der Waals surface area contributed by atoms with Gasteiger partial charge in [-0.25, -0.2) is 17.2 Å². The first-order valence-electron chi connectivity index (χ1n) is 11.1. The molecule has 34 heavy (non-hydrogen) atoms. The summed E-state index contributed by atoms with van der Waals surface area (Å²) < 4.78 is 46.4. The highest BCUT2D eigenvalue weighted by molar-refractivity contribution is 7.90. The molecule has 9 heteroatoms. The van der Waals surface area contributed by atoms with Crippen LogP contribution in [0.2, 0.25) is 0 Å². The van der Waals surface area contributed by atoms with Crippen molar-refractivity contribution in [1.29, 1.82) is 0 Å². The maximum Gasteiger partial charge on any atom is 0.408 e. The van der Waals surface area contributed by atoms with Crippen LogP contribution in [0.25, 0.3) is 10.9 Å². The van der Waals surface area contributed by atoms with Crippen molar-refractivity contribution in [3.8, 4) is 0 Å². The molecule has 1 amide bonds. The summed E-state index contributed by atoms with van der Waals surface area (Å²) in [6, 6.07) is 16.6. The SMILES string of the molecule is CC(C)(C)OC(=O)N[C@H]1COC(C)(C)O[C@H]1c1cc2ccccc2n1S(=O)(=O)c1ccccc1. The second kappa shape index (κ2) is 8.72. The third-order valence-electron chi connectivity index (χ3n) is 5.36. The number of hydrogen-bond donors (Lipinski definition) is 1. The zero-order chi connectivity index (χ0) is 24.7. The fourth-order valence-electron chi connectivity index (χ4n) is 3.96. The van der Waals surface area contributed by atoms with Gasteiger partial charge in [0.1, 0.15) is 11.7 Å². The van der Waals surface area contributed by atoms with E-state index in [4.69, 9.17) is 14.2 Å². The molecule has 4 rings (SSSR count). The van der Waals surface area contributed by atoms with E-state index in [2.05, 4.69) is 5.32 Å². The lowest BCUT2D eigenvalue weighted by molar-refractivity contribution is -0.285. The van der Waals surface area contributed by atoms with Gasteiger partial charge in [-0.15, -0.1) is 0 Å². The number of rotatable bonds is 4. The van der Waals surface area contributed by atoms with E-state index >= 15 is 0 Å². The van der Waals surface area contributed by atoms with E-state index in [-0.39, 0.29) is 11.5 Å². The Labute approximate surface area is 199 Å². The van der Waals surface area contributed by atoms with Crippen LogP contribution in [0.1, 0.15) is 46.4 Å². The Hall–Kier alpha value is -2.88. The first kappa shape index (κ1) is 24.3. The summed E-state index contributed by atoms with van der Waals surface area (Å²) >= 11 is 0. The summed E-state index contributed by atoms with van der Waals surface area (Å²) in [5.74, 6) is -0.991. The number of hydrogen-bond acceptors (Lipinski definition) is 6. The number of carbonyl (C=O) groups excluding carboxylic acids is 1. The molecule has 182 valence electrons. The molecule has 0 saturated carbocycles. The molecule has 0 unspecified atom stereocenters. The standard InChI is InChI=1S/C25H30N2O6S/c1-24(2,3)33-23(28)26-19-16-31-25(4,5)32-22(19)21-15-17-11-9-10-14-20(17)27(21)34(29,30)18-12-7-6-8-13-18/h6-15,19,22H,16H2,1-5H3,(H,26,28)/t19-,22+/m0/s1. The second-order valence-corrected chi connectivity index (χ2v) is 11.5. The fourth-order valence-corrected chi connectivity index (χ4v) is 5.53. The average Bonchev–Trinajstić information content (AvgIpc) is 3.14. The first-order valence-corrected chi connectivity index (χ1v) is 12.5. The van der Waals surface area contributed by atoms with Crippen molar-refractivity contribution in [2.24, 2.45) is 0 Å². The van der Waals surface area contributed by atoms with Gasteiger partial charge in [0, 0.05) is 5.39 Å². The van der Waals surface area contributed by atoms with Gasteiger partial charge >= 0.3 is 6.09 Å². The normalized spacial score (nSPS) is 20.7. The van der Waals surface area contributed by atoms with E-state index in [9.17, 15) is 13.2 Å². The maximum atomic E-state index is 13.8. The molecule has 2 atom stereocenters. The average molecular weight is 487 g/mol. The maximum absolute atomic E-state index is 13.8. The zero-order valence-corrected chi connectivity index (χ0v) is 20.8. The number of nitrogens with one attached hydrogen (secondary N) is 1. The molecule has 1 N–H and O–H groups in total. The molecule has 3 aromatic rings. The van der Waals surface area contributed by atoms with Crippen LogP contribution in [-0.2, 0) is 24.2 Å². The molecule has 2 heterocycles. The van der Waals surface area contributed by atoms with Gasteiger partial charge in [0.05, 0.1) is 28.8 Å². The van der Waals surface area contributed by atoms with Gasteiger partial charge in [-0.3, -0.25) is 0 Å². The number of ether oxygens (including phenoxy) is 3. The Morgan fingerprint density at radius 2 is 1.74 bits per heavy atom. The zero-order valence-electron chi connectivity index (χ0n) is 19.9. The Bertz CT molecular complexity index is 1290. The van der Waals surface area contributed by atoms with Crippen LogP contribution < -0.4 is 5.32 Å². The van der Waals surface area contributed by atoms with E-state index in [1.54, 1.807) is 83.1 Å². The minimum absolute atomic E-state index is 0.115. The van der Waals surface area contributed by atoms with Crippen molar-refractivity contribution in [3.63, 3.8) is 0 Å².